The summed E-state index contributed by atoms with van der Waals surface area (Å²) in [5.41, 5.74) is 5.77. The lowest BCUT2D eigenvalue weighted by atomic mass is 10.1. The minimum Gasteiger partial charge on any atom is -0.494 e. The summed E-state index contributed by atoms with van der Waals surface area (Å²) in [7, 11) is 0. The molecule has 16 heavy (non-hydrogen) atoms. The van der Waals surface area contributed by atoms with Gasteiger partial charge in [0.25, 0.3) is 0 Å². The number of ether oxygens (including phenoxy) is 2. The van der Waals surface area contributed by atoms with Crippen LogP contribution in [-0.4, -0.2) is 31.1 Å². The molecule has 0 saturated carbocycles. The van der Waals surface area contributed by atoms with E-state index in [2.05, 4.69) is 12.1 Å². The van der Waals surface area contributed by atoms with Crippen LogP contribution in [0.3, 0.4) is 0 Å². The highest BCUT2D eigenvalue weighted by Gasteiger charge is 2.38. The van der Waals surface area contributed by atoms with Gasteiger partial charge in [0.2, 0.25) is 0 Å². The van der Waals surface area contributed by atoms with Crippen LogP contribution >= 0.6 is 11.8 Å². The predicted octanol–water partition coefficient (Wildman–Crippen LogP) is 1.91. The lowest BCUT2D eigenvalue weighted by molar-refractivity contribution is -0.00434. The summed E-state index contributed by atoms with van der Waals surface area (Å²) in [4.78, 5) is 1.22. The molecule has 0 aliphatic carbocycles. The maximum absolute atomic E-state index is 5.77. The smallest absolute Gasteiger partial charge is 0.119 e. The molecule has 2 N–H and O–H groups in total. The van der Waals surface area contributed by atoms with E-state index in [0.29, 0.717) is 13.2 Å². The molecule has 88 valence electrons. The Morgan fingerprint density at radius 3 is 2.50 bits per heavy atom. The first kappa shape index (κ1) is 11.8. The fourth-order valence-corrected chi connectivity index (χ4v) is 2.71. The average molecular weight is 239 g/mol. The van der Waals surface area contributed by atoms with Gasteiger partial charge in [-0.1, -0.05) is 0 Å². The van der Waals surface area contributed by atoms with Crippen LogP contribution in [0, 0.1) is 0 Å². The third kappa shape index (κ3) is 2.51. The number of thioether (sulfide) groups is 1. The van der Waals surface area contributed by atoms with Crippen molar-refractivity contribution in [3.63, 3.8) is 0 Å². The van der Waals surface area contributed by atoms with Gasteiger partial charge in [-0.3, -0.25) is 0 Å². The van der Waals surface area contributed by atoms with Crippen molar-refractivity contribution in [2.45, 2.75) is 16.6 Å². The van der Waals surface area contributed by atoms with Crippen LogP contribution in [0.4, 0.5) is 0 Å². The molecule has 1 aromatic rings. The predicted molar refractivity (Wildman–Crippen MR) is 66.1 cm³/mol. The molecule has 0 unspecified atom stereocenters. The second-order valence-corrected chi connectivity index (χ2v) is 5.43. The molecule has 0 atom stereocenters. The zero-order valence-electron chi connectivity index (χ0n) is 9.44. The van der Waals surface area contributed by atoms with Gasteiger partial charge in [-0.2, -0.15) is 0 Å². The Balaban J connectivity index is 1.99. The van der Waals surface area contributed by atoms with E-state index in [4.69, 9.17) is 15.2 Å². The second-order valence-electron chi connectivity index (χ2n) is 3.89. The molecule has 2 rings (SSSR count). The molecule has 0 spiro atoms. The van der Waals surface area contributed by atoms with Crippen molar-refractivity contribution in [2.24, 2.45) is 5.73 Å². The van der Waals surface area contributed by atoms with Crippen molar-refractivity contribution in [1.29, 1.82) is 0 Å². The van der Waals surface area contributed by atoms with Crippen LogP contribution in [-0.2, 0) is 4.74 Å². The van der Waals surface area contributed by atoms with E-state index in [0.717, 1.165) is 19.0 Å². The molecule has 1 aliphatic rings. The molecular formula is C12H17NO2S. The monoisotopic (exact) mass is 239 g/mol. The topological polar surface area (TPSA) is 44.5 Å². The molecule has 1 fully saturated rings. The highest BCUT2D eigenvalue weighted by atomic mass is 32.2. The number of benzene rings is 1. The Morgan fingerprint density at radius 2 is 2.06 bits per heavy atom. The zero-order valence-corrected chi connectivity index (χ0v) is 10.3. The van der Waals surface area contributed by atoms with Gasteiger partial charge in [-0.15, -0.1) is 11.8 Å². The second kappa shape index (κ2) is 5.08. The van der Waals surface area contributed by atoms with Crippen LogP contribution in [0.5, 0.6) is 5.75 Å². The quantitative estimate of drug-likeness (QED) is 0.852. The summed E-state index contributed by atoms with van der Waals surface area (Å²) in [5.74, 6) is 0.915. The summed E-state index contributed by atoms with van der Waals surface area (Å²) in [6.07, 6.45) is 0. The maximum atomic E-state index is 5.77. The lowest BCUT2D eigenvalue weighted by Crippen LogP contribution is -2.52. The summed E-state index contributed by atoms with van der Waals surface area (Å²) >= 11 is 1.80. The lowest BCUT2D eigenvalue weighted by Gasteiger charge is -2.39. The molecule has 4 heteroatoms. The van der Waals surface area contributed by atoms with Crippen LogP contribution in [0.25, 0.3) is 0 Å². The Morgan fingerprint density at radius 1 is 1.38 bits per heavy atom. The number of hydrogen-bond donors (Lipinski definition) is 1. The van der Waals surface area contributed by atoms with Gasteiger partial charge >= 0.3 is 0 Å². The van der Waals surface area contributed by atoms with E-state index < -0.39 is 0 Å². The molecule has 3 nitrogen and oxygen atoms in total. The minimum absolute atomic E-state index is 0.0904. The molecule has 0 aromatic heterocycles. The fraction of sp³-hybridized carbons (Fsp3) is 0.500. The largest absolute Gasteiger partial charge is 0.494 e. The van der Waals surface area contributed by atoms with Crippen molar-refractivity contribution in [1.82, 2.24) is 0 Å². The van der Waals surface area contributed by atoms with Gasteiger partial charge in [0.05, 0.1) is 24.6 Å². The van der Waals surface area contributed by atoms with Gasteiger partial charge in [-0.05, 0) is 31.2 Å². The Bertz CT molecular complexity index is 330. The molecule has 0 bridgehead atoms. The Hall–Kier alpha value is -0.710. The van der Waals surface area contributed by atoms with Gasteiger partial charge in [-0.25, -0.2) is 0 Å². The van der Waals surface area contributed by atoms with E-state index in [1.807, 2.05) is 19.1 Å². The number of hydrogen-bond acceptors (Lipinski definition) is 4. The van der Waals surface area contributed by atoms with Gasteiger partial charge in [0.1, 0.15) is 5.75 Å². The first-order valence-electron chi connectivity index (χ1n) is 5.48. The Labute approximate surface area is 100 Å². The van der Waals surface area contributed by atoms with Crippen molar-refractivity contribution >= 4 is 11.8 Å². The summed E-state index contributed by atoms with van der Waals surface area (Å²) in [6.45, 7) is 4.85. The highest BCUT2D eigenvalue weighted by molar-refractivity contribution is 8.00. The van der Waals surface area contributed by atoms with Crippen molar-refractivity contribution in [2.75, 3.05) is 26.4 Å². The van der Waals surface area contributed by atoms with E-state index in [1.165, 1.54) is 4.90 Å². The van der Waals surface area contributed by atoms with Crippen molar-refractivity contribution in [3.8, 4) is 5.75 Å². The Kier molecular flexibility index (Phi) is 3.74. The van der Waals surface area contributed by atoms with E-state index in [1.54, 1.807) is 11.8 Å². The van der Waals surface area contributed by atoms with Crippen LogP contribution in [0.2, 0.25) is 0 Å². The first-order chi connectivity index (χ1) is 7.78. The maximum Gasteiger partial charge on any atom is 0.119 e. The summed E-state index contributed by atoms with van der Waals surface area (Å²) in [6, 6.07) is 8.14. The first-order valence-corrected chi connectivity index (χ1v) is 6.29. The van der Waals surface area contributed by atoms with Crippen LogP contribution in [0.15, 0.2) is 29.2 Å². The van der Waals surface area contributed by atoms with Gasteiger partial charge < -0.3 is 15.2 Å². The molecular weight excluding hydrogens is 222 g/mol. The normalized spacial score (nSPS) is 17.9. The third-order valence-corrected chi connectivity index (χ3v) is 3.91. The molecule has 1 heterocycles. The van der Waals surface area contributed by atoms with Crippen LogP contribution in [0.1, 0.15) is 6.92 Å². The SMILES string of the molecule is CCOc1ccc(SC2(CN)COC2)cc1. The van der Waals surface area contributed by atoms with Crippen molar-refractivity contribution in [3.05, 3.63) is 24.3 Å². The fourth-order valence-electron chi connectivity index (χ4n) is 1.57. The van der Waals surface area contributed by atoms with E-state index in [-0.39, 0.29) is 4.75 Å². The number of nitrogens with two attached hydrogens (primary N) is 1. The molecule has 0 amide bonds. The average Bonchev–Trinajstić information content (AvgIpc) is 2.26. The summed E-state index contributed by atoms with van der Waals surface area (Å²) in [5, 5.41) is 0. The molecule has 1 aliphatic heterocycles. The molecule has 0 radical (unpaired) electrons. The minimum atomic E-state index is 0.0904. The number of rotatable bonds is 5. The summed E-state index contributed by atoms with van der Waals surface area (Å²) < 4.78 is 10.7. The standard InChI is InChI=1S/C12H17NO2S/c1-2-15-10-3-5-11(6-4-10)16-12(7-13)8-14-9-12/h3-6H,2,7-9,13H2,1H3. The van der Waals surface area contributed by atoms with Gasteiger partial charge in [0.15, 0.2) is 0 Å². The van der Waals surface area contributed by atoms with Gasteiger partial charge in [0, 0.05) is 11.4 Å². The third-order valence-electron chi connectivity index (χ3n) is 2.57. The molecule has 1 saturated heterocycles. The van der Waals surface area contributed by atoms with Crippen LogP contribution < -0.4 is 10.5 Å². The van der Waals surface area contributed by atoms with E-state index >= 15 is 0 Å². The highest BCUT2D eigenvalue weighted by Crippen LogP contribution is 2.38. The molecule has 1 aromatic carbocycles. The van der Waals surface area contributed by atoms with E-state index in [9.17, 15) is 0 Å². The van der Waals surface area contributed by atoms with Crippen molar-refractivity contribution < 1.29 is 9.47 Å². The zero-order chi connectivity index (χ0) is 11.4.